The summed E-state index contributed by atoms with van der Waals surface area (Å²) in [4.78, 5) is 14.5. The Kier molecular flexibility index (Phi) is 8.37. The minimum Gasteiger partial charge on any atom is -0.493 e. The van der Waals surface area contributed by atoms with Crippen LogP contribution in [-0.2, 0) is 23.6 Å². The summed E-state index contributed by atoms with van der Waals surface area (Å²) in [5.74, 6) is -0.334. The SMILES string of the molecule is COc1ccc(N(CCc2ccc(C(F)(F)F)cc2)C(=O)C(O)c2cccc(C(F)(F)F)c2)cc1OC. The molecule has 1 atom stereocenters. The van der Waals surface area contributed by atoms with E-state index in [1.807, 2.05) is 0 Å². The smallest absolute Gasteiger partial charge is 0.416 e. The van der Waals surface area contributed by atoms with Crippen LogP contribution in [0.25, 0.3) is 0 Å². The van der Waals surface area contributed by atoms with Gasteiger partial charge in [0, 0.05) is 18.3 Å². The van der Waals surface area contributed by atoms with E-state index in [0.29, 0.717) is 17.4 Å². The van der Waals surface area contributed by atoms with Crippen LogP contribution in [0, 0.1) is 0 Å². The number of halogens is 6. The average Bonchev–Trinajstić information content (AvgIpc) is 2.87. The lowest BCUT2D eigenvalue weighted by Gasteiger charge is -2.26. The molecule has 0 spiro atoms. The monoisotopic (exact) mass is 527 g/mol. The molecule has 1 N–H and O–H groups in total. The van der Waals surface area contributed by atoms with Gasteiger partial charge in [-0.15, -0.1) is 0 Å². The van der Waals surface area contributed by atoms with Crippen molar-refractivity contribution in [2.45, 2.75) is 24.9 Å². The average molecular weight is 527 g/mol. The van der Waals surface area contributed by atoms with Crippen molar-refractivity contribution in [1.29, 1.82) is 0 Å². The van der Waals surface area contributed by atoms with Crippen LogP contribution < -0.4 is 14.4 Å². The molecule has 3 aromatic rings. The van der Waals surface area contributed by atoms with Gasteiger partial charge < -0.3 is 19.5 Å². The van der Waals surface area contributed by atoms with Gasteiger partial charge in [0.25, 0.3) is 5.91 Å². The molecular formula is C26H23F6NO4. The Balaban J connectivity index is 1.94. The number of anilines is 1. The van der Waals surface area contributed by atoms with Crippen molar-refractivity contribution in [2.24, 2.45) is 0 Å². The number of alkyl halides is 6. The Hall–Kier alpha value is -3.73. The molecule has 37 heavy (non-hydrogen) atoms. The van der Waals surface area contributed by atoms with Gasteiger partial charge in [0.05, 0.1) is 25.3 Å². The first kappa shape index (κ1) is 27.9. The Morgan fingerprint density at radius 1 is 0.838 bits per heavy atom. The lowest BCUT2D eigenvalue weighted by molar-refractivity contribution is -0.138. The molecule has 0 saturated heterocycles. The van der Waals surface area contributed by atoms with Crippen molar-refractivity contribution >= 4 is 11.6 Å². The number of hydrogen-bond donors (Lipinski definition) is 1. The van der Waals surface area contributed by atoms with Crippen LogP contribution in [0.2, 0.25) is 0 Å². The number of carbonyl (C=O) groups excluding carboxylic acids is 1. The maximum Gasteiger partial charge on any atom is 0.416 e. The van der Waals surface area contributed by atoms with E-state index in [4.69, 9.17) is 9.47 Å². The second-order valence-electron chi connectivity index (χ2n) is 8.00. The fraction of sp³-hybridized carbons (Fsp3) is 0.269. The number of nitrogens with zero attached hydrogens (tertiary/aromatic N) is 1. The van der Waals surface area contributed by atoms with Crippen molar-refractivity contribution in [3.8, 4) is 11.5 Å². The third-order valence-corrected chi connectivity index (χ3v) is 5.61. The lowest BCUT2D eigenvalue weighted by Crippen LogP contribution is -2.37. The minimum atomic E-state index is -4.68. The summed E-state index contributed by atoms with van der Waals surface area (Å²) in [6.07, 6.45) is -11.0. The molecule has 1 amide bonds. The highest BCUT2D eigenvalue weighted by Gasteiger charge is 2.33. The molecule has 0 aliphatic heterocycles. The first-order valence-electron chi connectivity index (χ1n) is 10.9. The zero-order chi connectivity index (χ0) is 27.4. The second kappa shape index (κ2) is 11.1. The molecule has 0 saturated carbocycles. The zero-order valence-electron chi connectivity index (χ0n) is 19.7. The van der Waals surface area contributed by atoms with Gasteiger partial charge in [-0.1, -0.05) is 24.3 Å². The van der Waals surface area contributed by atoms with Crippen molar-refractivity contribution in [3.63, 3.8) is 0 Å². The van der Waals surface area contributed by atoms with E-state index < -0.39 is 35.5 Å². The summed E-state index contributed by atoms with van der Waals surface area (Å²) < 4.78 is 88.5. The normalized spacial score (nSPS) is 12.7. The van der Waals surface area contributed by atoms with Gasteiger partial charge in [0.15, 0.2) is 17.6 Å². The summed E-state index contributed by atoms with van der Waals surface area (Å²) in [6, 6.07) is 12.6. The van der Waals surface area contributed by atoms with Crippen molar-refractivity contribution in [3.05, 3.63) is 89.0 Å². The minimum absolute atomic E-state index is 0.0908. The fourth-order valence-corrected chi connectivity index (χ4v) is 3.64. The molecule has 1 unspecified atom stereocenters. The Morgan fingerprint density at radius 3 is 2.03 bits per heavy atom. The molecule has 0 aliphatic carbocycles. The summed E-state index contributed by atoms with van der Waals surface area (Å²) >= 11 is 0. The molecule has 0 fully saturated rings. The quantitative estimate of drug-likeness (QED) is 0.363. The van der Waals surface area contributed by atoms with Gasteiger partial charge in [-0.25, -0.2) is 0 Å². The number of aliphatic hydroxyl groups excluding tert-OH is 1. The molecule has 3 rings (SSSR count). The van der Waals surface area contributed by atoms with E-state index in [1.54, 1.807) is 0 Å². The lowest BCUT2D eigenvalue weighted by atomic mass is 10.0. The topological polar surface area (TPSA) is 59.0 Å². The van der Waals surface area contributed by atoms with Crippen molar-refractivity contribution < 1.29 is 45.7 Å². The van der Waals surface area contributed by atoms with Crippen LogP contribution in [0.15, 0.2) is 66.7 Å². The van der Waals surface area contributed by atoms with E-state index in [9.17, 15) is 36.2 Å². The maximum absolute atomic E-state index is 13.3. The number of ether oxygens (including phenoxy) is 2. The molecule has 0 aromatic heterocycles. The van der Waals surface area contributed by atoms with Crippen molar-refractivity contribution in [2.75, 3.05) is 25.7 Å². The van der Waals surface area contributed by atoms with Crippen LogP contribution in [-0.4, -0.2) is 31.8 Å². The molecule has 198 valence electrons. The van der Waals surface area contributed by atoms with Gasteiger partial charge in [-0.05, 0) is 53.9 Å². The van der Waals surface area contributed by atoms with Crippen LogP contribution in [0.4, 0.5) is 32.0 Å². The van der Waals surface area contributed by atoms with Gasteiger partial charge in [0.1, 0.15) is 0 Å². The van der Waals surface area contributed by atoms with E-state index in [0.717, 1.165) is 29.2 Å². The second-order valence-corrected chi connectivity index (χ2v) is 8.00. The first-order valence-corrected chi connectivity index (χ1v) is 10.9. The Morgan fingerprint density at radius 2 is 1.46 bits per heavy atom. The van der Waals surface area contributed by atoms with Gasteiger partial charge >= 0.3 is 12.4 Å². The fourth-order valence-electron chi connectivity index (χ4n) is 3.64. The highest BCUT2D eigenvalue weighted by atomic mass is 19.4. The summed E-state index contributed by atoms with van der Waals surface area (Å²) in [7, 11) is 2.77. The molecule has 11 heteroatoms. The predicted molar refractivity (Wildman–Crippen MR) is 123 cm³/mol. The highest BCUT2D eigenvalue weighted by molar-refractivity contribution is 5.97. The number of aliphatic hydroxyl groups is 1. The van der Waals surface area contributed by atoms with Crippen LogP contribution in [0.1, 0.15) is 28.4 Å². The Bertz CT molecular complexity index is 1220. The van der Waals surface area contributed by atoms with Crippen LogP contribution in [0.5, 0.6) is 11.5 Å². The summed E-state index contributed by atoms with van der Waals surface area (Å²) in [5, 5.41) is 10.7. The maximum atomic E-state index is 13.3. The summed E-state index contributed by atoms with van der Waals surface area (Å²) in [5.41, 5.74) is -1.41. The third kappa shape index (κ3) is 6.73. The highest BCUT2D eigenvalue weighted by Crippen LogP contribution is 2.35. The van der Waals surface area contributed by atoms with Crippen LogP contribution in [0.3, 0.4) is 0 Å². The van der Waals surface area contributed by atoms with E-state index in [1.165, 1.54) is 50.6 Å². The molecule has 0 aliphatic rings. The number of amides is 1. The molecule has 0 radical (unpaired) electrons. The predicted octanol–water partition coefficient (Wildman–Crippen LogP) is 6.05. The van der Waals surface area contributed by atoms with Crippen LogP contribution >= 0.6 is 0 Å². The molecule has 0 bridgehead atoms. The standard InChI is InChI=1S/C26H23F6NO4/c1-36-21-11-10-20(15-22(21)37-2)33(13-12-16-6-8-18(9-7-16)25(27,28)29)24(35)23(34)17-4-3-5-19(14-17)26(30,31)32/h3-11,14-15,23,34H,12-13H2,1-2H3. The molecule has 5 nitrogen and oxygen atoms in total. The third-order valence-electron chi connectivity index (χ3n) is 5.61. The largest absolute Gasteiger partial charge is 0.493 e. The number of methoxy groups -OCH3 is 2. The Labute approximate surface area is 208 Å². The van der Waals surface area contributed by atoms with E-state index in [-0.39, 0.29) is 30.0 Å². The van der Waals surface area contributed by atoms with Gasteiger partial charge in [-0.3, -0.25) is 4.79 Å². The number of benzene rings is 3. The number of rotatable bonds is 8. The zero-order valence-corrected chi connectivity index (χ0v) is 19.7. The van der Waals surface area contributed by atoms with E-state index in [2.05, 4.69) is 0 Å². The first-order chi connectivity index (χ1) is 17.3. The number of hydrogen-bond acceptors (Lipinski definition) is 4. The molecular weight excluding hydrogens is 504 g/mol. The van der Waals surface area contributed by atoms with Gasteiger partial charge in [-0.2, -0.15) is 26.3 Å². The van der Waals surface area contributed by atoms with Gasteiger partial charge in [0.2, 0.25) is 0 Å². The summed E-state index contributed by atoms with van der Waals surface area (Å²) in [6.45, 7) is -0.101. The molecule has 3 aromatic carbocycles. The number of carbonyl (C=O) groups is 1. The van der Waals surface area contributed by atoms with Crippen molar-refractivity contribution in [1.82, 2.24) is 0 Å². The molecule has 0 heterocycles. The van der Waals surface area contributed by atoms with E-state index >= 15 is 0 Å².